The van der Waals surface area contributed by atoms with E-state index in [0.29, 0.717) is 0 Å². The lowest BCUT2D eigenvalue weighted by Gasteiger charge is -2.29. The molecule has 2 saturated heterocycles. The van der Waals surface area contributed by atoms with Crippen LogP contribution in [-0.2, 0) is 6.54 Å². The summed E-state index contributed by atoms with van der Waals surface area (Å²) >= 11 is 0. The fourth-order valence-electron chi connectivity index (χ4n) is 4.14. The van der Waals surface area contributed by atoms with Gasteiger partial charge in [-0.1, -0.05) is 24.3 Å². The van der Waals surface area contributed by atoms with Gasteiger partial charge in [0, 0.05) is 18.6 Å². The third-order valence-corrected chi connectivity index (χ3v) is 5.36. The van der Waals surface area contributed by atoms with Crippen LogP contribution in [0.4, 0.5) is 0 Å². The number of rotatable bonds is 4. The second-order valence-electron chi connectivity index (χ2n) is 6.90. The van der Waals surface area contributed by atoms with Crippen molar-refractivity contribution in [2.45, 2.75) is 63.1 Å². The first-order chi connectivity index (χ1) is 9.90. The highest BCUT2D eigenvalue weighted by Crippen LogP contribution is 2.40. The van der Waals surface area contributed by atoms with Gasteiger partial charge in [-0.3, -0.25) is 4.90 Å². The molecule has 2 nitrogen and oxygen atoms in total. The van der Waals surface area contributed by atoms with Gasteiger partial charge in [0.15, 0.2) is 0 Å². The highest BCUT2D eigenvalue weighted by atomic mass is 15.2. The van der Waals surface area contributed by atoms with Crippen LogP contribution >= 0.6 is 0 Å². The van der Waals surface area contributed by atoms with Crippen molar-refractivity contribution in [3.8, 4) is 0 Å². The summed E-state index contributed by atoms with van der Waals surface area (Å²) in [7, 11) is 0. The molecule has 2 unspecified atom stereocenters. The van der Waals surface area contributed by atoms with E-state index in [1.807, 2.05) is 0 Å². The average Bonchev–Trinajstić information content (AvgIpc) is 2.98. The highest BCUT2D eigenvalue weighted by Gasteiger charge is 2.33. The Bertz CT molecular complexity index is 460. The minimum atomic E-state index is 0.754. The van der Waals surface area contributed by atoms with Gasteiger partial charge in [0.2, 0.25) is 0 Å². The van der Waals surface area contributed by atoms with E-state index < -0.39 is 0 Å². The standard InChI is InChI=1S/C18H26N2/c1-4-14(12-16(5-1)15-8-9-15)13-20-11-3-7-18(20)17-6-2-10-19-17/h1,4-5,12,15,17-19H,2-3,6-11,13H2. The van der Waals surface area contributed by atoms with Gasteiger partial charge in [0.25, 0.3) is 0 Å². The van der Waals surface area contributed by atoms with Crippen LogP contribution < -0.4 is 5.32 Å². The van der Waals surface area contributed by atoms with Crippen LogP contribution in [0.1, 0.15) is 55.6 Å². The second kappa shape index (κ2) is 5.50. The van der Waals surface area contributed by atoms with Gasteiger partial charge in [-0.25, -0.2) is 0 Å². The van der Waals surface area contributed by atoms with E-state index >= 15 is 0 Å². The number of likely N-dealkylation sites (tertiary alicyclic amines) is 1. The van der Waals surface area contributed by atoms with Crippen LogP contribution in [0.5, 0.6) is 0 Å². The predicted molar refractivity (Wildman–Crippen MR) is 82.9 cm³/mol. The molecular formula is C18H26N2. The molecule has 3 aliphatic rings. The first-order valence-corrected chi connectivity index (χ1v) is 8.46. The van der Waals surface area contributed by atoms with Crippen LogP contribution in [-0.4, -0.2) is 30.1 Å². The van der Waals surface area contributed by atoms with E-state index in [1.54, 1.807) is 5.56 Å². The molecule has 108 valence electrons. The molecule has 0 radical (unpaired) electrons. The number of nitrogens with one attached hydrogen (secondary N) is 1. The van der Waals surface area contributed by atoms with E-state index in [9.17, 15) is 0 Å². The number of hydrogen-bond donors (Lipinski definition) is 1. The molecule has 1 aromatic carbocycles. The van der Waals surface area contributed by atoms with Crippen LogP contribution in [0.15, 0.2) is 24.3 Å². The molecule has 0 aromatic heterocycles. The summed E-state index contributed by atoms with van der Waals surface area (Å²) < 4.78 is 0. The Balaban J connectivity index is 1.45. The van der Waals surface area contributed by atoms with Crippen molar-refractivity contribution in [1.82, 2.24) is 10.2 Å². The Kier molecular flexibility index (Phi) is 3.53. The summed E-state index contributed by atoms with van der Waals surface area (Å²) in [5.74, 6) is 0.876. The fraction of sp³-hybridized carbons (Fsp3) is 0.667. The first-order valence-electron chi connectivity index (χ1n) is 8.46. The van der Waals surface area contributed by atoms with Gasteiger partial charge in [0.1, 0.15) is 0 Å². The molecule has 20 heavy (non-hydrogen) atoms. The molecule has 2 aliphatic heterocycles. The molecule has 0 spiro atoms. The minimum Gasteiger partial charge on any atom is -0.312 e. The molecule has 1 aromatic rings. The summed E-state index contributed by atoms with van der Waals surface area (Å²) in [5.41, 5.74) is 3.11. The maximum absolute atomic E-state index is 3.71. The van der Waals surface area contributed by atoms with Crippen molar-refractivity contribution in [2.75, 3.05) is 13.1 Å². The first kappa shape index (κ1) is 12.8. The Hall–Kier alpha value is -0.860. The normalized spacial score (nSPS) is 31.0. The van der Waals surface area contributed by atoms with Crippen LogP contribution in [0, 0.1) is 0 Å². The summed E-state index contributed by atoms with van der Waals surface area (Å²) in [6.45, 7) is 3.67. The zero-order chi connectivity index (χ0) is 13.4. The van der Waals surface area contributed by atoms with E-state index in [4.69, 9.17) is 0 Å². The molecule has 0 amide bonds. The zero-order valence-corrected chi connectivity index (χ0v) is 12.4. The van der Waals surface area contributed by atoms with Crippen molar-refractivity contribution in [3.05, 3.63) is 35.4 Å². The van der Waals surface area contributed by atoms with Gasteiger partial charge in [0.05, 0.1) is 0 Å². The van der Waals surface area contributed by atoms with Crippen LogP contribution in [0.25, 0.3) is 0 Å². The second-order valence-corrected chi connectivity index (χ2v) is 6.90. The molecule has 2 atom stereocenters. The van der Waals surface area contributed by atoms with Gasteiger partial charge < -0.3 is 5.32 Å². The fourth-order valence-corrected chi connectivity index (χ4v) is 4.14. The van der Waals surface area contributed by atoms with E-state index in [0.717, 1.165) is 24.5 Å². The molecule has 2 heteroatoms. The molecule has 0 bridgehead atoms. The minimum absolute atomic E-state index is 0.754. The largest absolute Gasteiger partial charge is 0.312 e. The maximum Gasteiger partial charge on any atom is 0.0253 e. The lowest BCUT2D eigenvalue weighted by Crippen LogP contribution is -2.43. The highest BCUT2D eigenvalue weighted by molar-refractivity contribution is 5.29. The summed E-state index contributed by atoms with van der Waals surface area (Å²) in [4.78, 5) is 2.73. The third kappa shape index (κ3) is 2.64. The van der Waals surface area contributed by atoms with Crippen molar-refractivity contribution in [3.63, 3.8) is 0 Å². The smallest absolute Gasteiger partial charge is 0.0253 e. The topological polar surface area (TPSA) is 15.3 Å². The van der Waals surface area contributed by atoms with Gasteiger partial charge >= 0.3 is 0 Å². The Morgan fingerprint density at radius 1 is 1.10 bits per heavy atom. The third-order valence-electron chi connectivity index (χ3n) is 5.36. The molecule has 1 aliphatic carbocycles. The molecule has 4 rings (SSSR count). The van der Waals surface area contributed by atoms with Crippen molar-refractivity contribution in [1.29, 1.82) is 0 Å². The van der Waals surface area contributed by atoms with E-state index in [2.05, 4.69) is 34.5 Å². The maximum atomic E-state index is 3.71. The van der Waals surface area contributed by atoms with Gasteiger partial charge in [-0.2, -0.15) is 0 Å². The number of hydrogen-bond acceptors (Lipinski definition) is 2. The van der Waals surface area contributed by atoms with E-state index in [-0.39, 0.29) is 0 Å². The van der Waals surface area contributed by atoms with Crippen LogP contribution in [0.2, 0.25) is 0 Å². The predicted octanol–water partition coefficient (Wildman–Crippen LogP) is 3.28. The number of benzene rings is 1. The molecule has 1 saturated carbocycles. The monoisotopic (exact) mass is 270 g/mol. The molecule has 3 fully saturated rings. The Morgan fingerprint density at radius 3 is 2.85 bits per heavy atom. The van der Waals surface area contributed by atoms with Crippen molar-refractivity contribution >= 4 is 0 Å². The molecular weight excluding hydrogens is 244 g/mol. The molecule has 2 heterocycles. The van der Waals surface area contributed by atoms with E-state index in [1.165, 1.54) is 57.2 Å². The van der Waals surface area contributed by atoms with Gasteiger partial charge in [-0.05, 0) is 68.7 Å². The Morgan fingerprint density at radius 2 is 2.05 bits per heavy atom. The van der Waals surface area contributed by atoms with Crippen LogP contribution in [0.3, 0.4) is 0 Å². The quantitative estimate of drug-likeness (QED) is 0.903. The zero-order valence-electron chi connectivity index (χ0n) is 12.4. The Labute approximate surface area is 122 Å². The summed E-state index contributed by atoms with van der Waals surface area (Å²) in [6.07, 6.45) is 8.32. The molecule has 1 N–H and O–H groups in total. The lowest BCUT2D eigenvalue weighted by atomic mass is 10.0. The number of nitrogens with zero attached hydrogens (tertiary/aromatic N) is 1. The van der Waals surface area contributed by atoms with Gasteiger partial charge in [-0.15, -0.1) is 0 Å². The SMILES string of the molecule is c1cc(CN2CCCC2C2CCCN2)cc(C2CC2)c1. The van der Waals surface area contributed by atoms with Crippen molar-refractivity contribution in [2.24, 2.45) is 0 Å². The summed E-state index contributed by atoms with van der Waals surface area (Å²) in [5, 5.41) is 3.71. The van der Waals surface area contributed by atoms with Crippen molar-refractivity contribution < 1.29 is 0 Å². The summed E-state index contributed by atoms with van der Waals surface area (Å²) in [6, 6.07) is 10.9. The average molecular weight is 270 g/mol. The lowest BCUT2D eigenvalue weighted by molar-refractivity contribution is 0.206.